The molecule has 2 aliphatic rings. The first-order valence-corrected chi connectivity index (χ1v) is 11.7. The maximum Gasteiger partial charge on any atom is 0.365 e. The number of rotatable bonds is 5. The van der Waals surface area contributed by atoms with Crippen LogP contribution >= 0.6 is 35.1 Å². The van der Waals surface area contributed by atoms with Crippen LogP contribution in [-0.4, -0.2) is 27.7 Å². The molecule has 160 valence electrons. The van der Waals surface area contributed by atoms with E-state index in [4.69, 9.17) is 16.3 Å². The lowest BCUT2D eigenvalue weighted by molar-refractivity contribution is -0.134. The number of para-hydroxylation sites is 2. The van der Waals surface area contributed by atoms with Crippen molar-refractivity contribution in [1.29, 1.82) is 0 Å². The molecule has 6 nitrogen and oxygen atoms in total. The molecule has 0 aliphatic carbocycles. The number of esters is 1. The Kier molecular flexibility index (Phi) is 6.05. The zero-order chi connectivity index (χ0) is 22.2. The summed E-state index contributed by atoms with van der Waals surface area (Å²) in [5.74, 6) is -0.562. The van der Waals surface area contributed by atoms with Crippen LogP contribution in [-0.2, 0) is 14.3 Å². The van der Waals surface area contributed by atoms with Crippen LogP contribution in [0.3, 0.4) is 0 Å². The fourth-order valence-corrected chi connectivity index (χ4v) is 6.63. The highest BCUT2D eigenvalue weighted by Crippen LogP contribution is 2.60. The average Bonchev–Trinajstić information content (AvgIpc) is 3.27. The lowest BCUT2D eigenvalue weighted by Gasteiger charge is -2.41. The van der Waals surface area contributed by atoms with Gasteiger partial charge in [0.2, 0.25) is 9.37 Å². The van der Waals surface area contributed by atoms with Gasteiger partial charge in [0.25, 0.3) is 0 Å². The highest BCUT2D eigenvalue weighted by molar-refractivity contribution is 8.29. The molecule has 2 aliphatic heterocycles. The molecule has 1 atom stereocenters. The highest BCUT2D eigenvalue weighted by Gasteiger charge is 2.58. The van der Waals surface area contributed by atoms with Crippen molar-refractivity contribution < 1.29 is 14.3 Å². The Balaban J connectivity index is 1.91. The number of carbonyl (C=O) groups excluding carboxylic acids is 2. The van der Waals surface area contributed by atoms with E-state index in [-0.39, 0.29) is 17.4 Å². The summed E-state index contributed by atoms with van der Waals surface area (Å²) >= 11 is 9.14. The van der Waals surface area contributed by atoms with Crippen molar-refractivity contribution in [2.24, 2.45) is 5.10 Å². The topological polar surface area (TPSA) is 62.2 Å². The number of carbonyl (C=O) groups is 2. The van der Waals surface area contributed by atoms with E-state index in [9.17, 15) is 9.59 Å². The molecular formula is C22H20ClN3O3S2. The van der Waals surface area contributed by atoms with Gasteiger partial charge in [-0.05, 0) is 56.8 Å². The Bertz CT molecular complexity index is 1110. The van der Waals surface area contributed by atoms with E-state index in [0.29, 0.717) is 15.6 Å². The van der Waals surface area contributed by atoms with Crippen molar-refractivity contribution >= 4 is 63.3 Å². The third-order valence-electron chi connectivity index (χ3n) is 4.73. The number of ketones is 1. The number of allylic oxidation sites excluding steroid dienone is 2. The van der Waals surface area contributed by atoms with Crippen LogP contribution < -0.4 is 9.91 Å². The zero-order valence-electron chi connectivity index (χ0n) is 17.2. The van der Waals surface area contributed by atoms with Gasteiger partial charge in [0, 0.05) is 11.4 Å². The molecule has 0 bridgehead atoms. The number of Topliss-reactive ketones (excluding diaryl/α,β-unsaturated/α-hetero) is 1. The molecule has 9 heteroatoms. The predicted molar refractivity (Wildman–Crippen MR) is 128 cm³/mol. The maximum absolute atomic E-state index is 12.6. The van der Waals surface area contributed by atoms with E-state index in [1.807, 2.05) is 60.4 Å². The largest absolute Gasteiger partial charge is 0.461 e. The van der Waals surface area contributed by atoms with E-state index in [1.165, 1.54) is 23.5 Å². The van der Waals surface area contributed by atoms with Gasteiger partial charge in [-0.2, -0.15) is 5.10 Å². The molecule has 1 spiro atoms. The number of nitrogens with zero attached hydrogens (tertiary/aromatic N) is 3. The Hall–Kier alpha value is -2.42. The summed E-state index contributed by atoms with van der Waals surface area (Å²) in [6, 6.07) is 17.0. The second-order valence-corrected chi connectivity index (χ2v) is 9.79. The van der Waals surface area contributed by atoms with Gasteiger partial charge in [0.15, 0.2) is 5.78 Å². The Labute approximate surface area is 194 Å². The number of anilines is 2. The second kappa shape index (κ2) is 8.61. The monoisotopic (exact) mass is 473 g/mol. The SMILES string of the molecule is CCOC(=O)C1=NN(c2ccccc2Cl)C2(S1)SC(C(C)=O)=C(C)N2c1ccccc1. The molecule has 0 saturated carbocycles. The van der Waals surface area contributed by atoms with Crippen LogP contribution in [0.4, 0.5) is 11.4 Å². The van der Waals surface area contributed by atoms with Gasteiger partial charge in [0.05, 0.1) is 22.2 Å². The van der Waals surface area contributed by atoms with Crippen molar-refractivity contribution in [2.75, 3.05) is 16.5 Å². The fourth-order valence-electron chi connectivity index (χ4n) is 3.48. The molecule has 0 aromatic heterocycles. The molecule has 2 aromatic rings. The molecular weight excluding hydrogens is 454 g/mol. The van der Waals surface area contributed by atoms with Gasteiger partial charge >= 0.3 is 5.97 Å². The van der Waals surface area contributed by atoms with Crippen LogP contribution in [0.15, 0.2) is 70.3 Å². The first kappa shape index (κ1) is 21.8. The Morgan fingerprint density at radius 1 is 1.10 bits per heavy atom. The highest BCUT2D eigenvalue weighted by atomic mass is 35.5. The number of halogens is 1. The molecule has 4 rings (SSSR count). The number of hydrogen-bond acceptors (Lipinski definition) is 8. The van der Waals surface area contributed by atoms with Crippen LogP contribution in [0.25, 0.3) is 0 Å². The third-order valence-corrected chi connectivity index (χ3v) is 8.03. The van der Waals surface area contributed by atoms with E-state index >= 15 is 0 Å². The minimum absolute atomic E-state index is 0.0513. The van der Waals surface area contributed by atoms with Gasteiger partial charge in [0.1, 0.15) is 0 Å². The van der Waals surface area contributed by atoms with Gasteiger partial charge in [-0.1, -0.05) is 53.7 Å². The van der Waals surface area contributed by atoms with E-state index < -0.39 is 10.3 Å². The smallest absolute Gasteiger partial charge is 0.365 e. The lowest BCUT2D eigenvalue weighted by Crippen LogP contribution is -2.49. The first-order valence-electron chi connectivity index (χ1n) is 9.64. The summed E-state index contributed by atoms with van der Waals surface area (Å²) < 4.78 is 4.24. The summed E-state index contributed by atoms with van der Waals surface area (Å²) in [7, 11) is 0. The zero-order valence-corrected chi connectivity index (χ0v) is 19.6. The lowest BCUT2D eigenvalue weighted by atomic mass is 10.2. The second-order valence-electron chi connectivity index (χ2n) is 6.78. The van der Waals surface area contributed by atoms with Gasteiger partial charge < -0.3 is 9.64 Å². The van der Waals surface area contributed by atoms with Crippen LogP contribution in [0.1, 0.15) is 20.8 Å². The van der Waals surface area contributed by atoms with E-state index in [0.717, 1.165) is 11.4 Å². The fraction of sp³-hybridized carbons (Fsp3) is 0.227. The first-order chi connectivity index (χ1) is 14.9. The molecule has 2 aromatic carbocycles. The van der Waals surface area contributed by atoms with E-state index in [1.54, 1.807) is 24.9 Å². The van der Waals surface area contributed by atoms with Crippen LogP contribution in [0, 0.1) is 0 Å². The molecule has 31 heavy (non-hydrogen) atoms. The minimum Gasteiger partial charge on any atom is -0.461 e. The van der Waals surface area contributed by atoms with Crippen LogP contribution in [0.5, 0.6) is 0 Å². The van der Waals surface area contributed by atoms with E-state index in [2.05, 4.69) is 5.10 Å². The summed E-state index contributed by atoms with van der Waals surface area (Å²) in [5.41, 5.74) is 2.28. The quantitative estimate of drug-likeness (QED) is 0.534. The normalized spacial score (nSPS) is 20.5. The minimum atomic E-state index is -0.987. The molecule has 1 unspecified atom stereocenters. The number of thioether (sulfide) groups is 2. The molecule has 0 saturated heterocycles. The number of ether oxygens (including phenoxy) is 1. The number of hydrogen-bond donors (Lipinski definition) is 0. The standard InChI is InChI=1S/C22H20ClN3O3S2/c1-4-29-21(28)20-24-26(18-13-9-8-12-17(18)23)22(31-20)25(16-10-6-5-7-11-16)14(2)19(30-22)15(3)27/h5-13H,4H2,1-3H3. The molecule has 0 N–H and O–H groups in total. The van der Waals surface area contributed by atoms with Crippen molar-refractivity contribution in [2.45, 2.75) is 25.1 Å². The summed E-state index contributed by atoms with van der Waals surface area (Å²) in [5, 5.41) is 7.03. The van der Waals surface area contributed by atoms with Gasteiger partial charge in [-0.15, -0.1) is 0 Å². The van der Waals surface area contributed by atoms with Crippen molar-refractivity contribution in [3.05, 3.63) is 70.2 Å². The Morgan fingerprint density at radius 3 is 2.42 bits per heavy atom. The summed E-state index contributed by atoms with van der Waals surface area (Å²) in [4.78, 5) is 27.8. The predicted octanol–water partition coefficient (Wildman–Crippen LogP) is 5.46. The maximum atomic E-state index is 12.6. The van der Waals surface area contributed by atoms with Gasteiger partial charge in [-0.25, -0.2) is 9.80 Å². The number of hydrazone groups is 1. The summed E-state index contributed by atoms with van der Waals surface area (Å²) in [6.07, 6.45) is 0. The van der Waals surface area contributed by atoms with Crippen molar-refractivity contribution in [1.82, 2.24) is 0 Å². The Morgan fingerprint density at radius 2 is 1.77 bits per heavy atom. The van der Waals surface area contributed by atoms with Crippen LogP contribution in [0.2, 0.25) is 5.02 Å². The molecule has 0 fully saturated rings. The third kappa shape index (κ3) is 3.73. The molecule has 0 amide bonds. The molecule has 0 radical (unpaired) electrons. The average molecular weight is 474 g/mol. The van der Waals surface area contributed by atoms with Crippen molar-refractivity contribution in [3.63, 3.8) is 0 Å². The van der Waals surface area contributed by atoms with Crippen molar-refractivity contribution in [3.8, 4) is 0 Å². The molecule has 2 heterocycles. The van der Waals surface area contributed by atoms with Gasteiger partial charge in [-0.3, -0.25) is 4.79 Å². The summed E-state index contributed by atoms with van der Waals surface area (Å²) in [6.45, 7) is 5.43. The number of benzene rings is 2.